The van der Waals surface area contributed by atoms with Gasteiger partial charge in [-0.1, -0.05) is 23.7 Å². The second-order valence-electron chi connectivity index (χ2n) is 6.20. The van der Waals surface area contributed by atoms with E-state index in [-0.39, 0.29) is 24.1 Å². The van der Waals surface area contributed by atoms with E-state index in [0.717, 1.165) is 29.7 Å². The molecule has 1 amide bonds. The minimum absolute atomic E-state index is 0.00578. The molecule has 0 bridgehead atoms. The zero-order valence-corrected chi connectivity index (χ0v) is 14.9. The average Bonchev–Trinajstić information content (AvgIpc) is 2.99. The third-order valence-electron chi connectivity index (χ3n) is 4.47. The van der Waals surface area contributed by atoms with Crippen molar-refractivity contribution < 1.29 is 4.79 Å². The molecule has 1 saturated carbocycles. The fourth-order valence-corrected chi connectivity index (χ4v) is 4.00. The molecule has 0 atom stereocenters. The number of rotatable bonds is 4. The van der Waals surface area contributed by atoms with Crippen LogP contribution >= 0.6 is 22.9 Å². The van der Waals surface area contributed by atoms with E-state index < -0.39 is 0 Å². The second-order valence-corrected chi connectivity index (χ2v) is 7.52. The maximum absolute atomic E-state index is 12.9. The van der Waals surface area contributed by atoms with E-state index in [0.29, 0.717) is 15.9 Å². The minimum Gasteiger partial charge on any atom is -0.352 e. The van der Waals surface area contributed by atoms with Crippen molar-refractivity contribution in [3.8, 4) is 10.4 Å². The molecule has 1 fully saturated rings. The number of hydrogen-bond acceptors (Lipinski definition) is 4. The number of nitrogens with zero attached hydrogens (tertiary/aromatic N) is 2. The summed E-state index contributed by atoms with van der Waals surface area (Å²) in [7, 11) is 0. The molecule has 0 spiro atoms. The zero-order chi connectivity index (χ0) is 17.4. The normalized spacial score (nSPS) is 14.4. The molecule has 0 radical (unpaired) electrons. The SMILES string of the molecule is O=C(Cn1cnc2csc(-c3ccc(Cl)cc3)c2c1=O)NC1CCC1. The number of aromatic nitrogens is 2. The predicted octanol–water partition coefficient (Wildman–Crippen LogP) is 3.45. The molecular weight excluding hydrogens is 358 g/mol. The molecular formula is C18H16ClN3O2S. The first-order valence-electron chi connectivity index (χ1n) is 8.14. The lowest BCUT2D eigenvalue weighted by molar-refractivity contribution is -0.122. The predicted molar refractivity (Wildman–Crippen MR) is 100 cm³/mol. The second kappa shape index (κ2) is 6.61. The number of hydrogen-bond donors (Lipinski definition) is 1. The molecule has 1 aliphatic rings. The Morgan fingerprint density at radius 3 is 2.76 bits per heavy atom. The van der Waals surface area contributed by atoms with E-state index in [1.807, 2.05) is 17.5 Å². The van der Waals surface area contributed by atoms with Crippen LogP contribution in [-0.4, -0.2) is 21.5 Å². The molecule has 2 aromatic heterocycles. The molecule has 5 nitrogen and oxygen atoms in total. The van der Waals surface area contributed by atoms with Gasteiger partial charge in [0, 0.05) is 21.3 Å². The molecule has 1 aliphatic carbocycles. The van der Waals surface area contributed by atoms with Gasteiger partial charge in [0.05, 0.1) is 17.2 Å². The van der Waals surface area contributed by atoms with Crippen LogP contribution in [0.2, 0.25) is 5.02 Å². The summed E-state index contributed by atoms with van der Waals surface area (Å²) in [4.78, 5) is 30.2. The summed E-state index contributed by atoms with van der Waals surface area (Å²) in [5.41, 5.74) is 1.37. The van der Waals surface area contributed by atoms with Crippen LogP contribution in [0.5, 0.6) is 0 Å². The quantitative estimate of drug-likeness (QED) is 0.761. The summed E-state index contributed by atoms with van der Waals surface area (Å²) in [6, 6.07) is 7.61. The first kappa shape index (κ1) is 16.3. The van der Waals surface area contributed by atoms with Crippen LogP contribution < -0.4 is 10.9 Å². The third-order valence-corrected chi connectivity index (χ3v) is 5.74. The van der Waals surface area contributed by atoms with Gasteiger partial charge in [-0.15, -0.1) is 11.3 Å². The van der Waals surface area contributed by atoms with Crippen molar-refractivity contribution in [2.75, 3.05) is 0 Å². The fourth-order valence-electron chi connectivity index (χ4n) is 2.89. The molecule has 2 heterocycles. The van der Waals surface area contributed by atoms with E-state index >= 15 is 0 Å². The molecule has 0 saturated heterocycles. The molecule has 0 aliphatic heterocycles. The number of fused-ring (bicyclic) bond motifs is 1. The first-order valence-corrected chi connectivity index (χ1v) is 9.39. The topological polar surface area (TPSA) is 64.0 Å². The van der Waals surface area contributed by atoms with Gasteiger partial charge in [0.25, 0.3) is 5.56 Å². The van der Waals surface area contributed by atoms with Gasteiger partial charge in [-0.05, 0) is 37.0 Å². The van der Waals surface area contributed by atoms with Crippen molar-refractivity contribution in [2.24, 2.45) is 0 Å². The Hall–Kier alpha value is -2.18. The monoisotopic (exact) mass is 373 g/mol. The Bertz CT molecular complexity index is 990. The van der Waals surface area contributed by atoms with Crippen LogP contribution in [0.25, 0.3) is 21.3 Å². The van der Waals surface area contributed by atoms with Gasteiger partial charge >= 0.3 is 0 Å². The number of nitrogens with one attached hydrogen (secondary N) is 1. The molecule has 1 N–H and O–H groups in total. The number of benzene rings is 1. The van der Waals surface area contributed by atoms with Crippen LogP contribution in [0.3, 0.4) is 0 Å². The van der Waals surface area contributed by atoms with Gasteiger partial charge in [0.1, 0.15) is 6.54 Å². The Balaban J connectivity index is 1.69. The van der Waals surface area contributed by atoms with Gasteiger partial charge in [-0.2, -0.15) is 0 Å². The highest BCUT2D eigenvalue weighted by atomic mass is 35.5. The van der Waals surface area contributed by atoms with Crippen molar-refractivity contribution in [2.45, 2.75) is 31.8 Å². The van der Waals surface area contributed by atoms with Crippen LogP contribution in [0, 0.1) is 0 Å². The summed E-state index contributed by atoms with van der Waals surface area (Å²) in [6.45, 7) is -0.00578. The lowest BCUT2D eigenvalue weighted by atomic mass is 9.93. The van der Waals surface area contributed by atoms with Gasteiger partial charge < -0.3 is 5.32 Å². The lowest BCUT2D eigenvalue weighted by Gasteiger charge is -2.26. The highest BCUT2D eigenvalue weighted by Gasteiger charge is 2.20. The molecule has 1 aromatic carbocycles. The van der Waals surface area contributed by atoms with Gasteiger partial charge in [-0.25, -0.2) is 4.98 Å². The van der Waals surface area contributed by atoms with Crippen molar-refractivity contribution in [3.63, 3.8) is 0 Å². The third kappa shape index (κ3) is 3.19. The maximum Gasteiger partial charge on any atom is 0.263 e. The van der Waals surface area contributed by atoms with Gasteiger partial charge in [-0.3, -0.25) is 14.2 Å². The average molecular weight is 374 g/mol. The van der Waals surface area contributed by atoms with Gasteiger partial charge in [0.15, 0.2) is 0 Å². The van der Waals surface area contributed by atoms with Gasteiger partial charge in [0.2, 0.25) is 5.91 Å². The fraction of sp³-hybridized carbons (Fsp3) is 0.278. The van der Waals surface area contributed by atoms with E-state index in [9.17, 15) is 9.59 Å². The summed E-state index contributed by atoms with van der Waals surface area (Å²) in [6.07, 6.45) is 4.63. The number of carbonyl (C=O) groups is 1. The molecule has 4 rings (SSSR count). The van der Waals surface area contributed by atoms with Crippen molar-refractivity contribution in [3.05, 3.63) is 51.3 Å². The molecule has 0 unspecified atom stereocenters. The maximum atomic E-state index is 12.9. The van der Waals surface area contributed by atoms with Crippen molar-refractivity contribution >= 4 is 39.7 Å². The summed E-state index contributed by atoms with van der Waals surface area (Å²) < 4.78 is 1.38. The number of amides is 1. The van der Waals surface area contributed by atoms with Crippen LogP contribution in [-0.2, 0) is 11.3 Å². The Kier molecular flexibility index (Phi) is 4.31. The summed E-state index contributed by atoms with van der Waals surface area (Å²) in [5, 5.41) is 6.00. The van der Waals surface area contributed by atoms with E-state index in [1.165, 1.54) is 22.2 Å². The van der Waals surface area contributed by atoms with Crippen LogP contribution in [0.4, 0.5) is 0 Å². The largest absolute Gasteiger partial charge is 0.352 e. The zero-order valence-electron chi connectivity index (χ0n) is 13.4. The van der Waals surface area contributed by atoms with E-state index in [1.54, 1.807) is 12.1 Å². The highest BCUT2D eigenvalue weighted by Crippen LogP contribution is 2.32. The first-order chi connectivity index (χ1) is 12.1. The standard InChI is InChI=1S/C18H16ClN3O2S/c19-12-6-4-11(5-7-12)17-16-14(9-25-17)20-10-22(18(16)24)8-15(23)21-13-2-1-3-13/h4-7,9-10,13H,1-3,8H2,(H,21,23). The lowest BCUT2D eigenvalue weighted by Crippen LogP contribution is -2.42. The molecule has 3 aromatic rings. The van der Waals surface area contributed by atoms with E-state index in [2.05, 4.69) is 10.3 Å². The smallest absolute Gasteiger partial charge is 0.263 e. The molecule has 25 heavy (non-hydrogen) atoms. The van der Waals surface area contributed by atoms with Crippen molar-refractivity contribution in [1.29, 1.82) is 0 Å². The number of thiophene rings is 1. The minimum atomic E-state index is -0.194. The highest BCUT2D eigenvalue weighted by molar-refractivity contribution is 7.15. The molecule has 7 heteroatoms. The summed E-state index contributed by atoms with van der Waals surface area (Å²) in [5.74, 6) is -0.142. The van der Waals surface area contributed by atoms with Crippen LogP contribution in [0.1, 0.15) is 19.3 Å². The van der Waals surface area contributed by atoms with Crippen LogP contribution in [0.15, 0.2) is 40.8 Å². The summed E-state index contributed by atoms with van der Waals surface area (Å²) >= 11 is 7.41. The Labute approximate surface area is 153 Å². The van der Waals surface area contributed by atoms with E-state index in [4.69, 9.17) is 11.6 Å². The Morgan fingerprint density at radius 2 is 2.08 bits per heavy atom. The number of carbonyl (C=O) groups excluding carboxylic acids is 1. The van der Waals surface area contributed by atoms with Crippen molar-refractivity contribution in [1.82, 2.24) is 14.9 Å². The molecule has 128 valence electrons. The Morgan fingerprint density at radius 1 is 1.32 bits per heavy atom. The number of halogens is 1.